The van der Waals surface area contributed by atoms with E-state index < -0.39 is 12.0 Å². The number of carboxylic acids is 1. The summed E-state index contributed by atoms with van der Waals surface area (Å²) in [7, 11) is 1.41. The van der Waals surface area contributed by atoms with E-state index in [0.717, 1.165) is 70.9 Å². The Kier molecular flexibility index (Phi) is 15.1. The fourth-order valence-corrected chi connectivity index (χ4v) is 8.28. The number of nitrogens with one attached hydrogen (secondary N) is 2. The van der Waals surface area contributed by atoms with E-state index in [4.69, 9.17) is 19.3 Å². The van der Waals surface area contributed by atoms with Gasteiger partial charge in [-0.05, 0) is 157 Å². The molecule has 0 spiro atoms. The second-order valence-electron chi connectivity index (χ2n) is 18.7. The lowest BCUT2D eigenvalue weighted by atomic mass is 9.72. The van der Waals surface area contributed by atoms with Crippen molar-refractivity contribution >= 4 is 33.5 Å². The van der Waals surface area contributed by atoms with Crippen LogP contribution in [-0.2, 0) is 27.4 Å². The summed E-state index contributed by atoms with van der Waals surface area (Å²) in [5.41, 5.74) is 3.01. The van der Waals surface area contributed by atoms with Crippen LogP contribution < -0.4 is 20.1 Å². The topological polar surface area (TPSA) is 106 Å². The Morgan fingerprint density at radius 1 is 0.596 bits per heavy atom. The zero-order chi connectivity index (χ0) is 41.3. The minimum atomic E-state index is -0.834. The van der Waals surface area contributed by atoms with Gasteiger partial charge in [0.15, 0.2) is 0 Å². The van der Waals surface area contributed by atoms with Gasteiger partial charge in [0, 0.05) is 13.1 Å². The molecule has 0 amide bonds. The Balaban J connectivity index is 0.000000218. The molecule has 4 aromatic carbocycles. The summed E-state index contributed by atoms with van der Waals surface area (Å²) >= 11 is 0. The van der Waals surface area contributed by atoms with Crippen molar-refractivity contribution in [1.82, 2.24) is 10.6 Å². The number of carbonyl (C=O) groups excluding carboxylic acids is 1. The number of benzene rings is 4. The third-order valence-electron chi connectivity index (χ3n) is 12.3. The lowest BCUT2D eigenvalue weighted by Gasteiger charge is -2.37. The van der Waals surface area contributed by atoms with Crippen LogP contribution in [0.5, 0.6) is 11.5 Å². The summed E-state index contributed by atoms with van der Waals surface area (Å²) in [6.07, 6.45) is 10.2. The number of esters is 1. The van der Waals surface area contributed by atoms with Gasteiger partial charge in [0.25, 0.3) is 0 Å². The molecule has 2 aliphatic rings. The first-order valence-electron chi connectivity index (χ1n) is 21.1. The van der Waals surface area contributed by atoms with Crippen molar-refractivity contribution in [3.63, 3.8) is 0 Å². The highest BCUT2D eigenvalue weighted by molar-refractivity contribution is 5.85. The Morgan fingerprint density at radius 3 is 1.33 bits per heavy atom. The van der Waals surface area contributed by atoms with Crippen LogP contribution in [0.2, 0.25) is 0 Å². The van der Waals surface area contributed by atoms with Crippen LogP contribution in [0.15, 0.2) is 72.8 Å². The van der Waals surface area contributed by atoms with Gasteiger partial charge in [0.05, 0.1) is 19.3 Å². The lowest BCUT2D eigenvalue weighted by molar-refractivity contribution is -0.142. The average molecular weight is 781 g/mol. The van der Waals surface area contributed by atoms with Gasteiger partial charge in [-0.3, -0.25) is 9.59 Å². The molecule has 310 valence electrons. The minimum absolute atomic E-state index is 0.246. The molecule has 2 aliphatic carbocycles. The number of hydrogen-bond donors (Lipinski definition) is 3. The van der Waals surface area contributed by atoms with E-state index in [0.29, 0.717) is 36.1 Å². The molecule has 0 saturated heterocycles. The third-order valence-corrected chi connectivity index (χ3v) is 12.3. The Bertz CT molecular complexity index is 1930. The second kappa shape index (κ2) is 19.5. The summed E-state index contributed by atoms with van der Waals surface area (Å²) in [6, 6.07) is 24.3. The van der Waals surface area contributed by atoms with Gasteiger partial charge in [-0.2, -0.15) is 0 Å². The fraction of sp³-hybridized carbons (Fsp3) is 0.551. The maximum absolute atomic E-state index is 11.5. The maximum atomic E-state index is 11.5. The number of hydrogen-bond acceptors (Lipinski definition) is 7. The number of fused-ring (bicyclic) bond motifs is 2. The van der Waals surface area contributed by atoms with Crippen molar-refractivity contribution in [3.05, 3.63) is 83.9 Å². The van der Waals surface area contributed by atoms with Crippen molar-refractivity contribution in [2.45, 2.75) is 144 Å². The van der Waals surface area contributed by atoms with E-state index >= 15 is 0 Å². The molecule has 3 N–H and O–H groups in total. The highest BCUT2D eigenvalue weighted by atomic mass is 16.5. The third kappa shape index (κ3) is 12.9. The molecule has 0 bridgehead atoms. The summed E-state index contributed by atoms with van der Waals surface area (Å²) < 4.78 is 17.3. The molecular weight excluding hydrogens is 713 g/mol. The first kappa shape index (κ1) is 44.0. The second-order valence-corrected chi connectivity index (χ2v) is 18.7. The largest absolute Gasteiger partial charge is 0.490 e. The standard InChI is InChI=1S/C25H35NO3.C24H33NO3/c1-17(24(27)28-5)26-16-18-6-7-20-15-23(11-8-19(20)14-18)29-22-12-9-21(10-13-22)25(2,3)4;1-16(23(26)27)25-15-17-5-6-19-14-22(10-7-18(19)13-17)28-21-11-8-20(9-12-21)24(2,3)4/h6-8,11,14-15,17,21-22,26H,9-10,12-13,16H2,1-5H3;5-7,10,13-14,16,20-21,25H,8-9,11-12,15H2,1-4H3,(H,26,27). The molecule has 8 heteroatoms. The van der Waals surface area contributed by atoms with E-state index in [2.05, 4.69) is 119 Å². The smallest absolute Gasteiger partial charge is 0.322 e. The predicted octanol–water partition coefficient (Wildman–Crippen LogP) is 10.9. The molecule has 0 aromatic heterocycles. The minimum Gasteiger partial charge on any atom is -0.490 e. The van der Waals surface area contributed by atoms with Crippen LogP contribution in [0, 0.1) is 22.7 Å². The van der Waals surface area contributed by atoms with Gasteiger partial charge in [-0.25, -0.2) is 0 Å². The van der Waals surface area contributed by atoms with Crippen LogP contribution in [0.4, 0.5) is 0 Å². The highest BCUT2D eigenvalue weighted by Gasteiger charge is 2.31. The van der Waals surface area contributed by atoms with Crippen molar-refractivity contribution < 1.29 is 28.9 Å². The monoisotopic (exact) mass is 781 g/mol. The molecule has 0 aliphatic heterocycles. The van der Waals surface area contributed by atoms with Crippen molar-refractivity contribution in [3.8, 4) is 11.5 Å². The van der Waals surface area contributed by atoms with E-state index in [1.807, 2.05) is 13.0 Å². The first-order valence-corrected chi connectivity index (χ1v) is 21.1. The first-order chi connectivity index (χ1) is 27.0. The van der Waals surface area contributed by atoms with Gasteiger partial charge < -0.3 is 30.0 Å². The number of ether oxygens (including phenoxy) is 3. The van der Waals surface area contributed by atoms with Gasteiger partial charge in [-0.1, -0.05) is 77.9 Å². The number of rotatable bonds is 12. The van der Waals surface area contributed by atoms with E-state index in [1.165, 1.54) is 43.6 Å². The zero-order valence-corrected chi connectivity index (χ0v) is 36.0. The van der Waals surface area contributed by atoms with Gasteiger partial charge in [-0.15, -0.1) is 0 Å². The van der Waals surface area contributed by atoms with Crippen molar-refractivity contribution in [2.75, 3.05) is 7.11 Å². The highest BCUT2D eigenvalue weighted by Crippen LogP contribution is 2.40. The van der Waals surface area contributed by atoms with Crippen LogP contribution >= 0.6 is 0 Å². The Morgan fingerprint density at radius 2 is 0.965 bits per heavy atom. The Labute approximate surface area is 341 Å². The summed E-state index contributed by atoms with van der Waals surface area (Å²) in [5, 5.41) is 19.8. The lowest BCUT2D eigenvalue weighted by Crippen LogP contribution is -2.34. The van der Waals surface area contributed by atoms with Gasteiger partial charge in [0.1, 0.15) is 23.6 Å². The van der Waals surface area contributed by atoms with Crippen LogP contribution in [0.1, 0.15) is 118 Å². The normalized spacial score (nSPS) is 21.2. The van der Waals surface area contributed by atoms with Crippen LogP contribution in [0.3, 0.4) is 0 Å². The summed E-state index contributed by atoms with van der Waals surface area (Å²) in [6.45, 7) is 18.7. The fourth-order valence-electron chi connectivity index (χ4n) is 8.28. The molecule has 2 saturated carbocycles. The molecule has 57 heavy (non-hydrogen) atoms. The summed E-state index contributed by atoms with van der Waals surface area (Å²) in [5.74, 6) is 2.41. The van der Waals surface area contributed by atoms with E-state index in [1.54, 1.807) is 6.92 Å². The molecule has 2 unspecified atom stereocenters. The van der Waals surface area contributed by atoms with E-state index in [9.17, 15) is 9.59 Å². The molecule has 2 fully saturated rings. The number of carboxylic acid groups (broad SMARTS) is 1. The number of methoxy groups -OCH3 is 1. The molecule has 8 nitrogen and oxygen atoms in total. The molecule has 2 atom stereocenters. The summed E-state index contributed by atoms with van der Waals surface area (Å²) in [4.78, 5) is 22.4. The molecular formula is C49H68N2O6. The SMILES string of the molecule is CC(NCc1ccc2cc(OC3CCC(C(C)(C)C)CC3)ccc2c1)C(=O)O.COC(=O)C(C)NCc1ccc2cc(OC3CCC(C(C)(C)C)CC3)ccc2c1. The van der Waals surface area contributed by atoms with Crippen molar-refractivity contribution in [2.24, 2.45) is 22.7 Å². The quantitative estimate of drug-likeness (QED) is 0.122. The van der Waals surface area contributed by atoms with Gasteiger partial charge >= 0.3 is 11.9 Å². The Hall–Kier alpha value is -4.14. The average Bonchev–Trinajstić information content (AvgIpc) is 3.18. The number of aliphatic carboxylic acids is 1. The molecule has 4 aromatic rings. The predicted molar refractivity (Wildman–Crippen MR) is 232 cm³/mol. The molecule has 6 rings (SSSR count). The number of carbonyl (C=O) groups is 2. The maximum Gasteiger partial charge on any atom is 0.322 e. The van der Waals surface area contributed by atoms with E-state index in [-0.39, 0.29) is 12.0 Å². The van der Waals surface area contributed by atoms with Gasteiger partial charge in [0.2, 0.25) is 0 Å². The van der Waals surface area contributed by atoms with Crippen molar-refractivity contribution in [1.29, 1.82) is 0 Å². The van der Waals surface area contributed by atoms with Crippen LogP contribution in [-0.4, -0.2) is 48.4 Å². The molecule has 0 heterocycles. The molecule has 0 radical (unpaired) electrons. The zero-order valence-electron chi connectivity index (χ0n) is 36.0. The van der Waals surface area contributed by atoms with Crippen LogP contribution in [0.25, 0.3) is 21.5 Å².